The van der Waals surface area contributed by atoms with E-state index in [0.29, 0.717) is 41.3 Å². The van der Waals surface area contributed by atoms with Crippen LogP contribution < -0.4 is 4.74 Å². The predicted octanol–water partition coefficient (Wildman–Crippen LogP) is 4.11. The van der Waals surface area contributed by atoms with E-state index >= 15 is 0 Å². The van der Waals surface area contributed by atoms with Crippen LogP contribution in [0, 0.1) is 6.92 Å². The lowest BCUT2D eigenvalue weighted by molar-refractivity contribution is 0.276. The molecule has 0 radical (unpaired) electrons. The molecule has 8 nitrogen and oxygen atoms in total. The highest BCUT2D eigenvalue weighted by Crippen LogP contribution is 2.37. The van der Waals surface area contributed by atoms with Crippen LogP contribution in [-0.4, -0.2) is 30.0 Å². The van der Waals surface area contributed by atoms with Gasteiger partial charge >= 0.3 is 0 Å². The maximum atomic E-state index is 6.16. The Labute approximate surface area is 167 Å². The summed E-state index contributed by atoms with van der Waals surface area (Å²) >= 11 is 0. The van der Waals surface area contributed by atoms with Crippen molar-refractivity contribution in [2.75, 3.05) is 0 Å². The van der Waals surface area contributed by atoms with Crippen LogP contribution in [0.4, 0.5) is 0 Å². The number of aryl methyl sites for hydroxylation is 1. The summed E-state index contributed by atoms with van der Waals surface area (Å²) in [6, 6.07) is 9.67. The molecule has 1 aliphatic carbocycles. The Kier molecular flexibility index (Phi) is 4.67. The quantitative estimate of drug-likeness (QED) is 0.506. The predicted molar refractivity (Wildman–Crippen MR) is 105 cm³/mol. The van der Waals surface area contributed by atoms with E-state index in [-0.39, 0.29) is 0 Å². The lowest BCUT2D eigenvalue weighted by Gasteiger charge is -2.23. The van der Waals surface area contributed by atoms with Crippen LogP contribution in [-0.2, 0) is 6.61 Å². The Morgan fingerprint density at radius 2 is 2.03 bits per heavy atom. The van der Waals surface area contributed by atoms with Crippen molar-refractivity contribution in [2.45, 2.75) is 51.6 Å². The summed E-state index contributed by atoms with van der Waals surface area (Å²) in [4.78, 5) is 4.35. The Morgan fingerprint density at radius 1 is 1.14 bits per heavy atom. The van der Waals surface area contributed by atoms with E-state index in [1.807, 2.05) is 31.2 Å². The SMILES string of the molecule is Cc1cc(-c2nnc3cc(C4CCCCC4)c(OCc4ccccn4)nn23)no1. The van der Waals surface area contributed by atoms with Gasteiger partial charge in [-0.1, -0.05) is 30.5 Å². The van der Waals surface area contributed by atoms with Gasteiger partial charge in [-0.25, -0.2) is 0 Å². The molecule has 0 amide bonds. The summed E-state index contributed by atoms with van der Waals surface area (Å²) in [6.07, 6.45) is 7.79. The lowest BCUT2D eigenvalue weighted by atomic mass is 9.84. The van der Waals surface area contributed by atoms with Crippen molar-refractivity contribution in [3.05, 3.63) is 53.5 Å². The highest BCUT2D eigenvalue weighted by atomic mass is 16.5. The van der Waals surface area contributed by atoms with Gasteiger partial charge in [0.05, 0.1) is 5.69 Å². The molecule has 5 rings (SSSR count). The smallest absolute Gasteiger partial charge is 0.235 e. The van der Waals surface area contributed by atoms with Gasteiger partial charge < -0.3 is 9.26 Å². The van der Waals surface area contributed by atoms with Gasteiger partial charge in [-0.2, -0.15) is 4.52 Å². The summed E-state index contributed by atoms with van der Waals surface area (Å²) < 4.78 is 13.0. The normalized spacial score (nSPS) is 15.1. The highest BCUT2D eigenvalue weighted by Gasteiger charge is 2.24. The molecule has 1 saturated carbocycles. The van der Waals surface area contributed by atoms with Crippen molar-refractivity contribution in [3.8, 4) is 17.4 Å². The van der Waals surface area contributed by atoms with Gasteiger partial charge in [-0.3, -0.25) is 4.98 Å². The first-order valence-corrected chi connectivity index (χ1v) is 10.0. The van der Waals surface area contributed by atoms with Gasteiger partial charge in [-0.15, -0.1) is 15.3 Å². The van der Waals surface area contributed by atoms with E-state index in [2.05, 4.69) is 26.4 Å². The average molecular weight is 390 g/mol. The van der Waals surface area contributed by atoms with Gasteiger partial charge in [0, 0.05) is 17.8 Å². The number of fused-ring (bicyclic) bond motifs is 1. The summed E-state index contributed by atoms with van der Waals surface area (Å²) in [5.74, 6) is 2.28. The van der Waals surface area contributed by atoms with Gasteiger partial charge in [-0.05, 0) is 43.9 Å². The first-order valence-electron chi connectivity index (χ1n) is 10.0. The minimum Gasteiger partial charge on any atom is -0.470 e. The molecule has 4 heterocycles. The minimum atomic E-state index is 0.361. The maximum absolute atomic E-state index is 6.16. The number of hydrogen-bond donors (Lipinski definition) is 0. The largest absolute Gasteiger partial charge is 0.470 e. The van der Waals surface area contributed by atoms with Gasteiger partial charge in [0.2, 0.25) is 11.7 Å². The number of aromatic nitrogens is 6. The summed E-state index contributed by atoms with van der Waals surface area (Å²) in [5.41, 5.74) is 3.25. The number of ether oxygens (including phenoxy) is 1. The first-order chi connectivity index (χ1) is 14.3. The van der Waals surface area contributed by atoms with Crippen LogP contribution in [0.1, 0.15) is 55.0 Å². The zero-order valence-corrected chi connectivity index (χ0v) is 16.3. The molecule has 4 aromatic heterocycles. The molecule has 4 aromatic rings. The van der Waals surface area contributed by atoms with Crippen LogP contribution in [0.5, 0.6) is 5.88 Å². The second kappa shape index (κ2) is 7.62. The van der Waals surface area contributed by atoms with Crippen LogP contribution in [0.25, 0.3) is 17.2 Å². The summed E-state index contributed by atoms with van der Waals surface area (Å²) in [7, 11) is 0. The van der Waals surface area contributed by atoms with E-state index in [4.69, 9.17) is 14.4 Å². The van der Waals surface area contributed by atoms with Gasteiger partial charge in [0.1, 0.15) is 12.4 Å². The molecule has 29 heavy (non-hydrogen) atoms. The molecule has 0 saturated heterocycles. The fourth-order valence-electron chi connectivity index (χ4n) is 3.91. The fraction of sp³-hybridized carbons (Fsp3) is 0.381. The van der Waals surface area contributed by atoms with Crippen molar-refractivity contribution in [2.24, 2.45) is 0 Å². The second-order valence-electron chi connectivity index (χ2n) is 7.47. The van der Waals surface area contributed by atoms with Crippen molar-refractivity contribution >= 4 is 5.65 Å². The van der Waals surface area contributed by atoms with Crippen LogP contribution >= 0.6 is 0 Å². The molecule has 8 heteroatoms. The minimum absolute atomic E-state index is 0.361. The molecule has 0 aromatic carbocycles. The summed E-state index contributed by atoms with van der Waals surface area (Å²) in [5, 5.41) is 17.4. The monoisotopic (exact) mass is 390 g/mol. The third kappa shape index (κ3) is 3.57. The zero-order valence-electron chi connectivity index (χ0n) is 16.3. The molecular weight excluding hydrogens is 368 g/mol. The van der Waals surface area contributed by atoms with Crippen molar-refractivity contribution in [3.63, 3.8) is 0 Å². The van der Waals surface area contributed by atoms with E-state index in [9.17, 15) is 0 Å². The van der Waals surface area contributed by atoms with Crippen LogP contribution in [0.3, 0.4) is 0 Å². The third-order valence-corrected chi connectivity index (χ3v) is 5.37. The molecule has 0 atom stereocenters. The molecule has 1 fully saturated rings. The molecule has 0 spiro atoms. The third-order valence-electron chi connectivity index (χ3n) is 5.37. The number of rotatable bonds is 5. The second-order valence-corrected chi connectivity index (χ2v) is 7.47. The molecular formula is C21H22N6O2. The molecule has 0 N–H and O–H groups in total. The molecule has 0 unspecified atom stereocenters. The van der Waals surface area contributed by atoms with Crippen LogP contribution in [0.2, 0.25) is 0 Å². The Hall–Kier alpha value is -3.29. The zero-order chi connectivity index (χ0) is 19.6. The lowest BCUT2D eigenvalue weighted by Crippen LogP contribution is -2.11. The number of pyridine rings is 1. The average Bonchev–Trinajstić information content (AvgIpc) is 3.38. The molecule has 148 valence electrons. The van der Waals surface area contributed by atoms with Crippen molar-refractivity contribution < 1.29 is 9.26 Å². The van der Waals surface area contributed by atoms with Gasteiger partial charge in [0.15, 0.2) is 11.3 Å². The van der Waals surface area contributed by atoms with Crippen LogP contribution in [0.15, 0.2) is 41.1 Å². The number of nitrogens with zero attached hydrogens (tertiary/aromatic N) is 6. The molecule has 1 aliphatic rings. The van der Waals surface area contributed by atoms with E-state index in [0.717, 1.165) is 24.1 Å². The standard InChI is InChI=1S/C21H22N6O2/c1-14-11-18(26-29-14)20-24-23-19-12-17(15-7-3-2-4-8-15)21(25-27(19)20)28-13-16-9-5-6-10-22-16/h5-6,9-12,15H,2-4,7-8,13H2,1H3. The number of hydrogen-bond acceptors (Lipinski definition) is 7. The van der Waals surface area contributed by atoms with E-state index < -0.39 is 0 Å². The Morgan fingerprint density at radius 3 is 2.79 bits per heavy atom. The molecule has 0 bridgehead atoms. The Balaban J connectivity index is 1.56. The first kappa shape index (κ1) is 17.8. The van der Waals surface area contributed by atoms with Crippen molar-refractivity contribution in [1.82, 2.24) is 30.0 Å². The molecule has 0 aliphatic heterocycles. The van der Waals surface area contributed by atoms with Gasteiger partial charge in [0.25, 0.3) is 0 Å². The van der Waals surface area contributed by atoms with Crippen molar-refractivity contribution in [1.29, 1.82) is 0 Å². The maximum Gasteiger partial charge on any atom is 0.235 e. The van der Waals surface area contributed by atoms with E-state index in [1.54, 1.807) is 10.7 Å². The van der Waals surface area contributed by atoms with E-state index in [1.165, 1.54) is 19.3 Å². The summed E-state index contributed by atoms with van der Waals surface area (Å²) in [6.45, 7) is 2.20. The topological polar surface area (TPSA) is 91.2 Å². The fourth-order valence-corrected chi connectivity index (χ4v) is 3.91. The Bertz CT molecular complexity index is 1110. The highest BCUT2D eigenvalue weighted by molar-refractivity contribution is 5.56.